The number of nitrogens with one attached hydrogen (secondary N) is 1. The van der Waals surface area contributed by atoms with Crippen molar-refractivity contribution in [2.75, 3.05) is 6.54 Å². The van der Waals surface area contributed by atoms with E-state index >= 15 is 0 Å². The van der Waals surface area contributed by atoms with E-state index < -0.39 is 0 Å². The van der Waals surface area contributed by atoms with Crippen molar-refractivity contribution >= 4 is 23.6 Å². The second kappa shape index (κ2) is 7.23. The first-order chi connectivity index (χ1) is 12.3. The molecule has 0 bridgehead atoms. The van der Waals surface area contributed by atoms with Crippen molar-refractivity contribution in [3.63, 3.8) is 0 Å². The Bertz CT molecular complexity index is 880. The average molecular weight is 372 g/mol. The van der Waals surface area contributed by atoms with Crippen molar-refractivity contribution < 1.29 is 4.90 Å². The van der Waals surface area contributed by atoms with Crippen LogP contribution in [0.3, 0.4) is 0 Å². The summed E-state index contributed by atoms with van der Waals surface area (Å²) in [4.78, 5) is 3.05. The molecule has 1 unspecified atom stereocenters. The molecule has 1 saturated heterocycles. The van der Waals surface area contributed by atoms with Crippen LogP contribution in [-0.4, -0.2) is 20.9 Å². The Balaban J connectivity index is 1.65. The van der Waals surface area contributed by atoms with Gasteiger partial charge in [0.15, 0.2) is 12.5 Å². The van der Waals surface area contributed by atoms with E-state index in [0.29, 0.717) is 6.04 Å². The molecule has 6 heteroatoms. The Hall–Kier alpha value is -1.76. The molecule has 3 heterocycles. The summed E-state index contributed by atoms with van der Waals surface area (Å²) in [6.07, 6.45) is 2.52. The van der Waals surface area contributed by atoms with Crippen molar-refractivity contribution in [2.24, 2.45) is 0 Å². The number of nitrogens with zero attached hydrogens (tertiary/aromatic N) is 3. The van der Waals surface area contributed by atoms with Gasteiger partial charge in [0.2, 0.25) is 4.77 Å². The molecule has 2 atom stereocenters. The molecule has 1 fully saturated rings. The Labute approximate surface area is 157 Å². The maximum absolute atomic E-state index is 5.74. The summed E-state index contributed by atoms with van der Waals surface area (Å²) in [5.41, 5.74) is 1.13. The lowest BCUT2D eigenvalue weighted by molar-refractivity contribution is -0.941. The number of quaternary nitrogens is 1. The molecule has 130 valence electrons. The summed E-state index contributed by atoms with van der Waals surface area (Å²) >= 11 is 7.60. The zero-order chi connectivity index (χ0) is 17.2. The number of benzene rings is 1. The SMILES string of the molecule is CCn1c(-c2ccccc2)nn(C[NH+]2CCC[C@@H]2c2cccs2)c1=S. The molecule has 0 saturated carbocycles. The normalized spacial score (nSPS) is 20.2. The molecule has 2 aromatic heterocycles. The van der Waals surface area contributed by atoms with Crippen molar-refractivity contribution in [1.82, 2.24) is 14.3 Å². The third-order valence-corrected chi connectivity index (χ3v) is 6.41. The summed E-state index contributed by atoms with van der Waals surface area (Å²) in [5, 5.41) is 7.06. The van der Waals surface area contributed by atoms with Gasteiger partial charge >= 0.3 is 0 Å². The van der Waals surface area contributed by atoms with Gasteiger partial charge in [0.05, 0.1) is 11.4 Å². The minimum atomic E-state index is 0.578. The van der Waals surface area contributed by atoms with Crippen molar-refractivity contribution in [3.8, 4) is 11.4 Å². The molecule has 1 aliphatic rings. The molecule has 25 heavy (non-hydrogen) atoms. The second-order valence-corrected chi connectivity index (χ2v) is 7.84. The first-order valence-electron chi connectivity index (χ1n) is 8.89. The zero-order valence-corrected chi connectivity index (χ0v) is 16.0. The highest BCUT2D eigenvalue weighted by Gasteiger charge is 2.31. The first-order valence-corrected chi connectivity index (χ1v) is 10.2. The van der Waals surface area contributed by atoms with Crippen LogP contribution in [0.15, 0.2) is 47.8 Å². The minimum Gasteiger partial charge on any atom is -0.309 e. The molecule has 0 radical (unpaired) electrons. The van der Waals surface area contributed by atoms with Crippen LogP contribution in [0.5, 0.6) is 0 Å². The van der Waals surface area contributed by atoms with E-state index in [1.165, 1.54) is 24.3 Å². The average Bonchev–Trinajstić information content (AvgIpc) is 3.37. The molecular formula is C19H23N4S2+. The van der Waals surface area contributed by atoms with E-state index in [-0.39, 0.29) is 0 Å². The van der Waals surface area contributed by atoms with Crippen LogP contribution in [0.1, 0.15) is 30.7 Å². The minimum absolute atomic E-state index is 0.578. The molecule has 1 aromatic carbocycles. The molecule has 0 aliphatic carbocycles. The maximum atomic E-state index is 5.74. The molecule has 3 aromatic rings. The topological polar surface area (TPSA) is 27.2 Å². The fraction of sp³-hybridized carbons (Fsp3) is 0.368. The zero-order valence-electron chi connectivity index (χ0n) is 14.4. The van der Waals surface area contributed by atoms with Gasteiger partial charge in [-0.25, -0.2) is 0 Å². The number of thiophene rings is 1. The second-order valence-electron chi connectivity index (χ2n) is 6.49. The van der Waals surface area contributed by atoms with Crippen molar-refractivity contribution in [1.29, 1.82) is 0 Å². The fourth-order valence-electron chi connectivity index (χ4n) is 3.76. The third kappa shape index (κ3) is 3.21. The number of hydrogen-bond donors (Lipinski definition) is 1. The van der Waals surface area contributed by atoms with Gasteiger partial charge in [0.25, 0.3) is 0 Å². The van der Waals surface area contributed by atoms with Gasteiger partial charge in [0.1, 0.15) is 6.04 Å². The Morgan fingerprint density at radius 1 is 1.24 bits per heavy atom. The molecule has 4 nitrogen and oxygen atoms in total. The lowest BCUT2D eigenvalue weighted by Crippen LogP contribution is -3.09. The molecule has 0 spiro atoms. The Kier molecular flexibility index (Phi) is 4.83. The molecular weight excluding hydrogens is 348 g/mol. The highest BCUT2D eigenvalue weighted by atomic mass is 32.1. The number of aromatic nitrogens is 3. The summed E-state index contributed by atoms with van der Waals surface area (Å²) in [7, 11) is 0. The quantitative estimate of drug-likeness (QED) is 0.695. The molecule has 1 aliphatic heterocycles. The summed E-state index contributed by atoms with van der Waals surface area (Å²) in [6.45, 7) is 5.00. The summed E-state index contributed by atoms with van der Waals surface area (Å²) < 4.78 is 4.99. The fourth-order valence-corrected chi connectivity index (χ4v) is 5.00. The van der Waals surface area contributed by atoms with Gasteiger partial charge in [-0.05, 0) is 30.6 Å². The maximum Gasteiger partial charge on any atom is 0.203 e. The standard InChI is InChI=1S/C19H22N4S2/c1-2-22-18(15-8-4-3-5-9-15)20-23(19(22)24)14-21-12-6-10-16(21)17-11-7-13-25-17/h3-5,7-9,11,13,16H,2,6,10,12,14H2,1H3/p+1/t16-/m1/s1. The van der Waals surface area contributed by atoms with Gasteiger partial charge in [-0.1, -0.05) is 36.4 Å². The molecule has 4 rings (SSSR count). The predicted molar refractivity (Wildman–Crippen MR) is 104 cm³/mol. The van der Waals surface area contributed by atoms with E-state index in [4.69, 9.17) is 17.3 Å². The van der Waals surface area contributed by atoms with Crippen LogP contribution in [0.2, 0.25) is 0 Å². The highest BCUT2D eigenvalue weighted by molar-refractivity contribution is 7.71. The van der Waals surface area contributed by atoms with Gasteiger partial charge in [-0.15, -0.1) is 16.4 Å². The van der Waals surface area contributed by atoms with E-state index in [9.17, 15) is 0 Å². The van der Waals surface area contributed by atoms with Gasteiger partial charge in [0, 0.05) is 24.9 Å². The van der Waals surface area contributed by atoms with Gasteiger partial charge < -0.3 is 9.47 Å². The lowest BCUT2D eigenvalue weighted by atomic mass is 10.2. The highest BCUT2D eigenvalue weighted by Crippen LogP contribution is 2.24. The van der Waals surface area contributed by atoms with Crippen LogP contribution in [-0.2, 0) is 13.2 Å². The van der Waals surface area contributed by atoms with Crippen LogP contribution in [0, 0.1) is 4.77 Å². The van der Waals surface area contributed by atoms with E-state index in [1.807, 2.05) is 22.1 Å². The number of hydrogen-bond acceptors (Lipinski definition) is 3. The van der Waals surface area contributed by atoms with Crippen LogP contribution in [0.4, 0.5) is 0 Å². The monoisotopic (exact) mass is 371 g/mol. The summed E-state index contributed by atoms with van der Waals surface area (Å²) in [6, 6.07) is 15.3. The predicted octanol–water partition coefficient (Wildman–Crippen LogP) is 3.54. The van der Waals surface area contributed by atoms with Crippen LogP contribution < -0.4 is 4.90 Å². The van der Waals surface area contributed by atoms with Crippen LogP contribution >= 0.6 is 23.6 Å². The van der Waals surface area contributed by atoms with E-state index in [2.05, 4.69) is 53.3 Å². The largest absolute Gasteiger partial charge is 0.309 e. The van der Waals surface area contributed by atoms with E-state index in [0.717, 1.165) is 29.4 Å². The van der Waals surface area contributed by atoms with Crippen molar-refractivity contribution in [2.45, 2.75) is 39.0 Å². The van der Waals surface area contributed by atoms with E-state index in [1.54, 1.807) is 4.90 Å². The van der Waals surface area contributed by atoms with Gasteiger partial charge in [-0.3, -0.25) is 0 Å². The smallest absolute Gasteiger partial charge is 0.203 e. The Morgan fingerprint density at radius 3 is 2.80 bits per heavy atom. The lowest BCUT2D eigenvalue weighted by Gasteiger charge is -2.20. The van der Waals surface area contributed by atoms with Gasteiger partial charge in [-0.2, -0.15) is 4.68 Å². The third-order valence-electron chi connectivity index (χ3n) is 4.99. The molecule has 0 amide bonds. The number of likely N-dealkylation sites (tertiary alicyclic amines) is 1. The van der Waals surface area contributed by atoms with Crippen molar-refractivity contribution in [3.05, 3.63) is 57.5 Å². The summed E-state index contributed by atoms with van der Waals surface area (Å²) in [5.74, 6) is 0.972. The molecule has 1 N–H and O–H groups in total. The Morgan fingerprint density at radius 2 is 2.08 bits per heavy atom. The number of rotatable bonds is 5. The first kappa shape index (κ1) is 16.7. The van der Waals surface area contributed by atoms with Crippen LogP contribution in [0.25, 0.3) is 11.4 Å².